The molecule has 2 heteroatoms. The van der Waals surface area contributed by atoms with Crippen LogP contribution >= 0.6 is 0 Å². The van der Waals surface area contributed by atoms with E-state index in [4.69, 9.17) is 11.5 Å². The summed E-state index contributed by atoms with van der Waals surface area (Å²) in [6.07, 6.45) is 3.27. The Morgan fingerprint density at radius 2 is 1.91 bits per heavy atom. The Morgan fingerprint density at radius 1 is 1.36 bits per heavy atom. The van der Waals surface area contributed by atoms with Gasteiger partial charge >= 0.3 is 0 Å². The average molecular weight is 156 g/mol. The lowest BCUT2D eigenvalue weighted by Gasteiger charge is -2.12. The van der Waals surface area contributed by atoms with E-state index in [0.717, 1.165) is 25.0 Å². The summed E-state index contributed by atoms with van der Waals surface area (Å²) in [5.74, 6) is 0. The summed E-state index contributed by atoms with van der Waals surface area (Å²) in [6, 6.07) is 0.0106. The number of allylic oxidation sites excluding steroid dienone is 1. The molecule has 0 aliphatic heterocycles. The van der Waals surface area contributed by atoms with Crippen molar-refractivity contribution in [2.24, 2.45) is 11.5 Å². The molecule has 0 aliphatic carbocycles. The van der Waals surface area contributed by atoms with Crippen LogP contribution in [0, 0.1) is 0 Å². The average Bonchev–Trinajstić information content (AvgIpc) is 1.98. The Labute approximate surface area is 69.6 Å². The molecule has 2 nitrogen and oxygen atoms in total. The summed E-state index contributed by atoms with van der Waals surface area (Å²) < 4.78 is 0. The highest BCUT2D eigenvalue weighted by molar-refractivity contribution is 5.14. The smallest absolute Gasteiger partial charge is 0.0413 e. The van der Waals surface area contributed by atoms with Crippen LogP contribution in [-0.4, -0.2) is 6.04 Å². The normalized spacial score (nSPS) is 16.0. The summed E-state index contributed by atoms with van der Waals surface area (Å²) in [7, 11) is 0. The number of hydrogen-bond acceptors (Lipinski definition) is 2. The standard InChI is InChI=1S/C9H20N2/c1-4-6-8(5-2)9(11)7(3)10/h7H,4-6,10-11H2,1-3H3/b9-8+. The minimum absolute atomic E-state index is 0.0106. The van der Waals surface area contributed by atoms with Crippen molar-refractivity contribution in [1.82, 2.24) is 0 Å². The van der Waals surface area contributed by atoms with E-state index >= 15 is 0 Å². The molecule has 0 aliphatic rings. The van der Waals surface area contributed by atoms with E-state index < -0.39 is 0 Å². The van der Waals surface area contributed by atoms with Crippen LogP contribution < -0.4 is 11.5 Å². The van der Waals surface area contributed by atoms with Gasteiger partial charge in [-0.15, -0.1) is 0 Å². The van der Waals surface area contributed by atoms with Gasteiger partial charge in [0.25, 0.3) is 0 Å². The molecule has 0 saturated carbocycles. The largest absolute Gasteiger partial charge is 0.401 e. The van der Waals surface area contributed by atoms with Crippen molar-refractivity contribution < 1.29 is 0 Å². The zero-order valence-electron chi connectivity index (χ0n) is 7.85. The van der Waals surface area contributed by atoms with Crippen molar-refractivity contribution in [1.29, 1.82) is 0 Å². The van der Waals surface area contributed by atoms with Gasteiger partial charge in [0.15, 0.2) is 0 Å². The lowest BCUT2D eigenvalue weighted by atomic mass is 10.0. The Morgan fingerprint density at radius 3 is 2.18 bits per heavy atom. The van der Waals surface area contributed by atoms with E-state index in [2.05, 4.69) is 13.8 Å². The number of nitrogens with two attached hydrogens (primary N) is 2. The summed E-state index contributed by atoms with van der Waals surface area (Å²) in [6.45, 7) is 6.21. The van der Waals surface area contributed by atoms with Crippen LogP contribution in [0.3, 0.4) is 0 Å². The van der Waals surface area contributed by atoms with Gasteiger partial charge in [-0.25, -0.2) is 0 Å². The van der Waals surface area contributed by atoms with Crippen LogP contribution in [0.5, 0.6) is 0 Å². The highest BCUT2D eigenvalue weighted by atomic mass is 14.7. The molecule has 0 aromatic heterocycles. The maximum absolute atomic E-state index is 5.81. The van der Waals surface area contributed by atoms with Crippen molar-refractivity contribution in [2.45, 2.75) is 46.1 Å². The second-order valence-electron chi connectivity index (χ2n) is 2.95. The SMILES string of the molecule is CCC/C(CC)=C(/N)C(C)N. The highest BCUT2D eigenvalue weighted by Gasteiger charge is 2.03. The van der Waals surface area contributed by atoms with Gasteiger partial charge in [0.05, 0.1) is 0 Å². The first-order chi connectivity index (χ1) is 5.13. The fraction of sp³-hybridized carbons (Fsp3) is 0.778. The van der Waals surface area contributed by atoms with E-state index in [1.165, 1.54) is 5.57 Å². The molecule has 0 saturated heterocycles. The molecule has 0 heterocycles. The van der Waals surface area contributed by atoms with Crippen molar-refractivity contribution >= 4 is 0 Å². The molecular weight excluding hydrogens is 136 g/mol. The maximum Gasteiger partial charge on any atom is 0.0413 e. The van der Waals surface area contributed by atoms with Gasteiger partial charge in [0.1, 0.15) is 0 Å². The van der Waals surface area contributed by atoms with Crippen LogP contribution in [0.25, 0.3) is 0 Å². The minimum Gasteiger partial charge on any atom is -0.401 e. The molecule has 0 rings (SSSR count). The molecule has 66 valence electrons. The monoisotopic (exact) mass is 156 g/mol. The lowest BCUT2D eigenvalue weighted by molar-refractivity contribution is 0.769. The van der Waals surface area contributed by atoms with E-state index in [1.54, 1.807) is 0 Å². The molecule has 0 radical (unpaired) electrons. The van der Waals surface area contributed by atoms with Crippen molar-refractivity contribution in [3.8, 4) is 0 Å². The second-order valence-corrected chi connectivity index (χ2v) is 2.95. The quantitative estimate of drug-likeness (QED) is 0.651. The second kappa shape index (κ2) is 5.19. The van der Waals surface area contributed by atoms with E-state index in [-0.39, 0.29) is 6.04 Å². The predicted molar refractivity (Wildman–Crippen MR) is 50.1 cm³/mol. The van der Waals surface area contributed by atoms with Crippen LogP contribution in [0.1, 0.15) is 40.0 Å². The van der Waals surface area contributed by atoms with Gasteiger partial charge in [-0.05, 0) is 19.8 Å². The molecule has 0 fully saturated rings. The first kappa shape index (κ1) is 10.5. The zero-order chi connectivity index (χ0) is 8.85. The fourth-order valence-electron chi connectivity index (χ4n) is 1.15. The predicted octanol–water partition coefficient (Wildman–Crippen LogP) is 1.76. The molecule has 4 N–H and O–H groups in total. The molecule has 1 atom stereocenters. The topological polar surface area (TPSA) is 52.0 Å². The Kier molecular flexibility index (Phi) is 4.95. The van der Waals surface area contributed by atoms with Crippen molar-refractivity contribution in [3.05, 3.63) is 11.3 Å². The first-order valence-corrected chi connectivity index (χ1v) is 4.36. The summed E-state index contributed by atoms with van der Waals surface area (Å²) in [5, 5.41) is 0. The van der Waals surface area contributed by atoms with E-state index in [1.807, 2.05) is 6.92 Å². The lowest BCUT2D eigenvalue weighted by Crippen LogP contribution is -2.25. The third-order valence-electron chi connectivity index (χ3n) is 1.88. The summed E-state index contributed by atoms with van der Waals surface area (Å²) in [4.78, 5) is 0. The molecule has 0 amide bonds. The van der Waals surface area contributed by atoms with Crippen LogP contribution in [-0.2, 0) is 0 Å². The van der Waals surface area contributed by atoms with Crippen LogP contribution in [0.15, 0.2) is 11.3 Å². The Hall–Kier alpha value is -0.500. The van der Waals surface area contributed by atoms with Gasteiger partial charge in [-0.3, -0.25) is 0 Å². The molecule has 0 aromatic rings. The third kappa shape index (κ3) is 3.42. The van der Waals surface area contributed by atoms with Crippen molar-refractivity contribution in [3.63, 3.8) is 0 Å². The van der Waals surface area contributed by atoms with Gasteiger partial charge in [0, 0.05) is 11.7 Å². The Bertz CT molecular complexity index is 136. The highest BCUT2D eigenvalue weighted by Crippen LogP contribution is 2.12. The third-order valence-corrected chi connectivity index (χ3v) is 1.88. The molecule has 0 bridgehead atoms. The first-order valence-electron chi connectivity index (χ1n) is 4.36. The summed E-state index contributed by atoms with van der Waals surface area (Å²) >= 11 is 0. The number of rotatable bonds is 4. The minimum atomic E-state index is 0.0106. The number of hydrogen-bond donors (Lipinski definition) is 2. The molecule has 1 unspecified atom stereocenters. The molecular formula is C9H20N2. The van der Waals surface area contributed by atoms with Gasteiger partial charge in [0.2, 0.25) is 0 Å². The van der Waals surface area contributed by atoms with Crippen molar-refractivity contribution in [2.75, 3.05) is 0 Å². The summed E-state index contributed by atoms with van der Waals surface area (Å²) in [5.41, 5.74) is 13.7. The van der Waals surface area contributed by atoms with Gasteiger partial charge in [-0.1, -0.05) is 25.8 Å². The Balaban J connectivity index is 4.27. The molecule has 0 aromatic carbocycles. The zero-order valence-corrected chi connectivity index (χ0v) is 7.85. The van der Waals surface area contributed by atoms with E-state index in [0.29, 0.717) is 0 Å². The molecule has 0 spiro atoms. The molecule has 11 heavy (non-hydrogen) atoms. The van der Waals surface area contributed by atoms with Crippen LogP contribution in [0.4, 0.5) is 0 Å². The van der Waals surface area contributed by atoms with Gasteiger partial charge < -0.3 is 11.5 Å². The maximum atomic E-state index is 5.81. The van der Waals surface area contributed by atoms with E-state index in [9.17, 15) is 0 Å². The van der Waals surface area contributed by atoms with Gasteiger partial charge in [-0.2, -0.15) is 0 Å². The van der Waals surface area contributed by atoms with Crippen LogP contribution in [0.2, 0.25) is 0 Å². The fourth-order valence-corrected chi connectivity index (χ4v) is 1.15.